The van der Waals surface area contributed by atoms with Crippen molar-refractivity contribution >= 4 is 17.6 Å². The molecule has 0 aliphatic heterocycles. The number of aliphatic carboxylic acids is 1. The third-order valence-corrected chi connectivity index (χ3v) is 5.76. The summed E-state index contributed by atoms with van der Waals surface area (Å²) in [5.74, 6) is -0.309. The molecule has 0 bridgehead atoms. The monoisotopic (exact) mass is 430 g/mol. The molecule has 0 spiro atoms. The molecule has 0 aliphatic rings. The third-order valence-electron chi connectivity index (χ3n) is 5.42. The molecule has 30 heavy (non-hydrogen) atoms. The fourth-order valence-electron chi connectivity index (χ4n) is 3.53. The van der Waals surface area contributed by atoms with Crippen molar-refractivity contribution < 1.29 is 9.90 Å². The number of benzene rings is 1. The second-order valence-electron chi connectivity index (χ2n) is 8.05. The lowest BCUT2D eigenvalue weighted by atomic mass is 10.0. The smallest absolute Gasteiger partial charge is 0.321 e. The molecule has 1 atom stereocenters. The van der Waals surface area contributed by atoms with Crippen LogP contribution in [0.3, 0.4) is 0 Å². The van der Waals surface area contributed by atoms with E-state index in [2.05, 4.69) is 16.9 Å². The quantitative estimate of drug-likeness (QED) is 0.248. The number of hydrogen-bond donors (Lipinski definition) is 1. The molecule has 4 nitrogen and oxygen atoms in total. The van der Waals surface area contributed by atoms with Crippen LogP contribution < -0.4 is 0 Å². The molecule has 1 aromatic heterocycles. The van der Waals surface area contributed by atoms with Gasteiger partial charge in [-0.05, 0) is 30.4 Å². The predicted octanol–water partition coefficient (Wildman–Crippen LogP) is 6.84. The van der Waals surface area contributed by atoms with E-state index in [1.807, 2.05) is 36.7 Å². The second-order valence-corrected chi connectivity index (χ2v) is 8.58. The largest absolute Gasteiger partial charge is 0.480 e. The van der Waals surface area contributed by atoms with Crippen LogP contribution in [-0.4, -0.2) is 26.4 Å². The lowest BCUT2D eigenvalue weighted by Gasteiger charge is -2.06. The van der Waals surface area contributed by atoms with Gasteiger partial charge >= 0.3 is 5.97 Å². The van der Waals surface area contributed by atoms with Gasteiger partial charge in [0.15, 0.2) is 5.82 Å². The predicted molar refractivity (Wildman–Crippen MR) is 124 cm³/mol. The summed E-state index contributed by atoms with van der Waals surface area (Å²) in [6.07, 6.45) is 18.6. The lowest BCUT2D eigenvalue weighted by Crippen LogP contribution is -2.15. The van der Waals surface area contributed by atoms with Crippen LogP contribution in [0.1, 0.15) is 82.3 Å². The first kappa shape index (κ1) is 24.3. The molecule has 1 heterocycles. The fourth-order valence-corrected chi connectivity index (χ4v) is 3.71. The van der Waals surface area contributed by atoms with Gasteiger partial charge in [-0.15, -0.1) is 11.6 Å². The van der Waals surface area contributed by atoms with Gasteiger partial charge in [-0.2, -0.15) is 0 Å². The summed E-state index contributed by atoms with van der Waals surface area (Å²) in [7, 11) is 0. The Kier molecular flexibility index (Phi) is 11.5. The van der Waals surface area contributed by atoms with E-state index in [1.54, 1.807) is 0 Å². The molecule has 164 valence electrons. The van der Waals surface area contributed by atoms with Gasteiger partial charge in [0.05, 0.1) is 0 Å². The average molecular weight is 431 g/mol. The molecular formula is C25H35ClN2O2. The first-order valence-corrected chi connectivity index (χ1v) is 11.8. The number of carbonyl (C=O) groups is 1. The molecular weight excluding hydrogens is 396 g/mol. The highest BCUT2D eigenvalue weighted by molar-refractivity contribution is 6.29. The van der Waals surface area contributed by atoms with E-state index >= 15 is 0 Å². The van der Waals surface area contributed by atoms with Crippen LogP contribution in [-0.2, 0) is 17.6 Å². The van der Waals surface area contributed by atoms with Crippen LogP contribution in [0.15, 0.2) is 36.7 Å². The van der Waals surface area contributed by atoms with Crippen LogP contribution in [0.4, 0.5) is 0 Å². The number of aryl methyl sites for hydroxylation is 1. The molecule has 2 aromatic rings. The van der Waals surface area contributed by atoms with Gasteiger partial charge < -0.3 is 5.11 Å². The number of unbranched alkanes of at least 4 members (excludes halogenated alkanes) is 9. The Labute approximate surface area is 186 Å². The first-order chi connectivity index (χ1) is 14.6. The van der Waals surface area contributed by atoms with Crippen molar-refractivity contribution in [3.8, 4) is 11.4 Å². The van der Waals surface area contributed by atoms with Crippen molar-refractivity contribution in [3.05, 3.63) is 47.8 Å². The Balaban J connectivity index is 1.67. The van der Waals surface area contributed by atoms with Crippen LogP contribution in [0.2, 0.25) is 0 Å². The van der Waals surface area contributed by atoms with E-state index in [9.17, 15) is 4.79 Å². The van der Waals surface area contributed by atoms with Gasteiger partial charge in [0.25, 0.3) is 0 Å². The van der Waals surface area contributed by atoms with E-state index in [0.717, 1.165) is 17.5 Å². The molecule has 1 aromatic carbocycles. The molecule has 5 heteroatoms. The van der Waals surface area contributed by atoms with Crippen molar-refractivity contribution in [2.24, 2.45) is 0 Å². The number of halogens is 1. The standard InChI is InChI=1S/C25H35ClN2O2/c1-2-3-4-5-6-7-8-9-10-11-12-21-18-27-24(28-19-21)22-15-13-20(14-16-22)17-23(26)25(29)30/h13-16,18-19,23H,2-12,17H2,1H3,(H,29,30)/t23-/m1/s1. The maximum atomic E-state index is 10.9. The summed E-state index contributed by atoms with van der Waals surface area (Å²) < 4.78 is 0. The van der Waals surface area contributed by atoms with Crippen molar-refractivity contribution in [1.29, 1.82) is 0 Å². The number of rotatable bonds is 15. The molecule has 0 amide bonds. The molecule has 0 radical (unpaired) electrons. The summed E-state index contributed by atoms with van der Waals surface area (Å²) in [5, 5.41) is 8.00. The lowest BCUT2D eigenvalue weighted by molar-refractivity contribution is -0.136. The minimum absolute atomic E-state index is 0.301. The maximum Gasteiger partial charge on any atom is 0.321 e. The molecule has 0 saturated heterocycles. The fraction of sp³-hybridized carbons (Fsp3) is 0.560. The Bertz CT molecular complexity index is 732. The highest BCUT2D eigenvalue weighted by Gasteiger charge is 2.14. The minimum Gasteiger partial charge on any atom is -0.480 e. The highest BCUT2D eigenvalue weighted by atomic mass is 35.5. The van der Waals surface area contributed by atoms with Crippen molar-refractivity contribution in [2.75, 3.05) is 0 Å². The zero-order valence-corrected chi connectivity index (χ0v) is 18.9. The molecule has 0 unspecified atom stereocenters. The highest BCUT2D eigenvalue weighted by Crippen LogP contribution is 2.18. The summed E-state index contributed by atoms with van der Waals surface area (Å²) in [6.45, 7) is 2.26. The number of alkyl halides is 1. The summed E-state index contributed by atoms with van der Waals surface area (Å²) in [5.41, 5.74) is 2.99. The van der Waals surface area contributed by atoms with Gasteiger partial charge in [0.2, 0.25) is 0 Å². The van der Waals surface area contributed by atoms with E-state index in [0.29, 0.717) is 12.2 Å². The van der Waals surface area contributed by atoms with Gasteiger partial charge in [0.1, 0.15) is 5.38 Å². The number of nitrogens with zero attached hydrogens (tertiary/aromatic N) is 2. The number of carboxylic acids is 1. The van der Waals surface area contributed by atoms with Crippen LogP contribution in [0, 0.1) is 0 Å². The third kappa shape index (κ3) is 9.25. The van der Waals surface area contributed by atoms with E-state index in [4.69, 9.17) is 16.7 Å². The van der Waals surface area contributed by atoms with Gasteiger partial charge in [-0.1, -0.05) is 89.0 Å². The number of hydrogen-bond acceptors (Lipinski definition) is 3. The molecule has 0 aliphatic carbocycles. The molecule has 1 N–H and O–H groups in total. The van der Waals surface area contributed by atoms with Gasteiger partial charge in [-0.3, -0.25) is 4.79 Å². The average Bonchev–Trinajstić information content (AvgIpc) is 2.76. The Morgan fingerprint density at radius 1 is 0.867 bits per heavy atom. The van der Waals surface area contributed by atoms with Crippen LogP contribution in [0.25, 0.3) is 11.4 Å². The SMILES string of the molecule is CCCCCCCCCCCCc1cnc(-c2ccc(C[C@@H](Cl)C(=O)O)cc2)nc1. The first-order valence-electron chi connectivity index (χ1n) is 11.4. The normalized spacial score (nSPS) is 12.1. The van der Waals surface area contributed by atoms with Gasteiger partial charge in [-0.25, -0.2) is 9.97 Å². The molecule has 0 fully saturated rings. The van der Waals surface area contributed by atoms with E-state index in [-0.39, 0.29) is 0 Å². The van der Waals surface area contributed by atoms with Crippen LogP contribution >= 0.6 is 11.6 Å². The van der Waals surface area contributed by atoms with Crippen LogP contribution in [0.5, 0.6) is 0 Å². The zero-order valence-electron chi connectivity index (χ0n) is 18.2. The van der Waals surface area contributed by atoms with Crippen molar-refractivity contribution in [2.45, 2.75) is 89.4 Å². The van der Waals surface area contributed by atoms with E-state index in [1.165, 1.54) is 69.8 Å². The summed E-state index contributed by atoms with van der Waals surface area (Å²) in [6, 6.07) is 7.60. The maximum absolute atomic E-state index is 10.9. The number of aromatic nitrogens is 2. The second kappa shape index (κ2) is 14.1. The van der Waals surface area contributed by atoms with E-state index < -0.39 is 11.3 Å². The topological polar surface area (TPSA) is 63.1 Å². The Morgan fingerprint density at radius 2 is 1.40 bits per heavy atom. The number of carboxylic acid groups (broad SMARTS) is 1. The van der Waals surface area contributed by atoms with Gasteiger partial charge in [0, 0.05) is 18.0 Å². The Morgan fingerprint density at radius 3 is 1.93 bits per heavy atom. The summed E-state index contributed by atoms with van der Waals surface area (Å²) in [4.78, 5) is 19.9. The molecule has 2 rings (SSSR count). The summed E-state index contributed by atoms with van der Waals surface area (Å²) >= 11 is 5.80. The minimum atomic E-state index is -0.998. The zero-order chi connectivity index (χ0) is 21.6. The molecule has 0 saturated carbocycles. The van der Waals surface area contributed by atoms with Crippen molar-refractivity contribution in [3.63, 3.8) is 0 Å². The Hall–Kier alpha value is -1.94. The van der Waals surface area contributed by atoms with Crippen molar-refractivity contribution in [1.82, 2.24) is 9.97 Å².